The SMILES string of the molecule is COc1ccc(-c2nc(C)c(-c3cn([C@@H]4O[C@H](COC(C)=O)[C@H](OC(C)=O)[C@H](OC(C)=O)[C@H]4OC(C)=O)nn3)nc2OC)cc1. The Morgan fingerprint density at radius 1 is 0.800 bits per heavy atom. The third-order valence-corrected chi connectivity index (χ3v) is 6.57. The van der Waals surface area contributed by atoms with E-state index in [-0.39, 0.29) is 18.2 Å². The molecule has 5 atom stereocenters. The van der Waals surface area contributed by atoms with E-state index in [1.165, 1.54) is 24.9 Å². The number of hydrogen-bond acceptors (Lipinski definition) is 15. The van der Waals surface area contributed by atoms with Crippen molar-refractivity contribution >= 4 is 23.9 Å². The quantitative estimate of drug-likeness (QED) is 0.234. The number of hydrogen-bond donors (Lipinski definition) is 0. The van der Waals surface area contributed by atoms with Gasteiger partial charge in [-0.25, -0.2) is 14.6 Å². The number of carbonyl (C=O) groups excluding carboxylic acids is 4. The molecule has 0 N–H and O–H groups in total. The maximum Gasteiger partial charge on any atom is 0.303 e. The predicted molar refractivity (Wildman–Crippen MR) is 152 cm³/mol. The molecule has 4 rings (SSSR count). The lowest BCUT2D eigenvalue weighted by Crippen LogP contribution is -2.60. The number of benzene rings is 1. The molecule has 240 valence electrons. The molecule has 3 heterocycles. The van der Waals surface area contributed by atoms with E-state index in [4.69, 9.17) is 38.1 Å². The van der Waals surface area contributed by atoms with Crippen LogP contribution in [0.1, 0.15) is 39.6 Å². The van der Waals surface area contributed by atoms with Gasteiger partial charge >= 0.3 is 23.9 Å². The fourth-order valence-electron chi connectivity index (χ4n) is 4.75. The summed E-state index contributed by atoms with van der Waals surface area (Å²) >= 11 is 0. The molecule has 1 fully saturated rings. The van der Waals surface area contributed by atoms with E-state index < -0.39 is 54.5 Å². The standard InChI is InChI=1S/C29H33N5O11/c1-14-23(31-28(40-7)24(30-14)19-8-10-20(39-6)11-9-19)21-12-34(33-32-21)29-27(44-18(5)38)26(43-17(4)37)25(42-16(3)36)22(45-29)13-41-15(2)35/h8-12,22,25-27,29H,13H2,1-7H3/t22-,25+,26+,27-,29-/m1/s1. The molecule has 16 nitrogen and oxygen atoms in total. The zero-order valence-corrected chi connectivity index (χ0v) is 25.7. The van der Waals surface area contributed by atoms with Crippen LogP contribution in [0.15, 0.2) is 30.5 Å². The average molecular weight is 628 g/mol. The summed E-state index contributed by atoms with van der Waals surface area (Å²) in [6.45, 7) is 5.97. The number of rotatable bonds is 10. The number of carbonyl (C=O) groups is 4. The summed E-state index contributed by atoms with van der Waals surface area (Å²) < 4.78 is 39.7. The Morgan fingerprint density at radius 3 is 2.00 bits per heavy atom. The minimum Gasteiger partial charge on any atom is -0.497 e. The lowest BCUT2D eigenvalue weighted by atomic mass is 9.97. The van der Waals surface area contributed by atoms with Crippen molar-refractivity contribution in [2.45, 2.75) is 65.3 Å². The van der Waals surface area contributed by atoms with Gasteiger partial charge < -0.3 is 33.2 Å². The molecule has 0 bridgehead atoms. The smallest absolute Gasteiger partial charge is 0.303 e. The van der Waals surface area contributed by atoms with Crippen LogP contribution in [0.25, 0.3) is 22.6 Å². The van der Waals surface area contributed by atoms with E-state index in [1.54, 1.807) is 26.2 Å². The molecule has 0 radical (unpaired) electrons. The van der Waals surface area contributed by atoms with E-state index in [1.807, 2.05) is 12.1 Å². The molecular weight excluding hydrogens is 594 g/mol. The van der Waals surface area contributed by atoms with E-state index in [0.29, 0.717) is 22.8 Å². The van der Waals surface area contributed by atoms with Crippen molar-refractivity contribution < 1.29 is 52.3 Å². The summed E-state index contributed by atoms with van der Waals surface area (Å²) in [7, 11) is 3.04. The van der Waals surface area contributed by atoms with Crippen LogP contribution >= 0.6 is 0 Å². The average Bonchev–Trinajstić information content (AvgIpc) is 3.47. The minimum atomic E-state index is -1.37. The second kappa shape index (κ2) is 14.1. The van der Waals surface area contributed by atoms with Gasteiger partial charge in [0, 0.05) is 33.3 Å². The Balaban J connectivity index is 1.75. The van der Waals surface area contributed by atoms with Crippen LogP contribution in [-0.4, -0.2) is 94.1 Å². The van der Waals surface area contributed by atoms with Crippen molar-refractivity contribution in [2.24, 2.45) is 0 Å². The van der Waals surface area contributed by atoms with Crippen molar-refractivity contribution in [3.05, 3.63) is 36.2 Å². The Bertz CT molecular complexity index is 1560. The molecule has 0 unspecified atom stereocenters. The van der Waals surface area contributed by atoms with Crippen molar-refractivity contribution in [3.8, 4) is 34.3 Å². The number of nitrogens with zero attached hydrogens (tertiary/aromatic N) is 5. The Kier molecular flexibility index (Phi) is 10.3. The highest BCUT2D eigenvalue weighted by Gasteiger charge is 2.53. The van der Waals surface area contributed by atoms with Crippen molar-refractivity contribution in [3.63, 3.8) is 0 Å². The summed E-state index contributed by atoms with van der Waals surface area (Å²) in [4.78, 5) is 57.3. The van der Waals surface area contributed by atoms with E-state index in [0.717, 1.165) is 26.3 Å². The van der Waals surface area contributed by atoms with Gasteiger partial charge in [-0.3, -0.25) is 19.2 Å². The molecule has 0 spiro atoms. The minimum absolute atomic E-state index is 0.225. The van der Waals surface area contributed by atoms with Gasteiger partial charge in [-0.2, -0.15) is 0 Å². The molecule has 1 aliphatic heterocycles. The van der Waals surface area contributed by atoms with Crippen molar-refractivity contribution in [1.82, 2.24) is 25.0 Å². The zero-order chi connectivity index (χ0) is 32.8. The van der Waals surface area contributed by atoms with E-state index in [2.05, 4.69) is 15.3 Å². The molecule has 1 aromatic carbocycles. The van der Waals surface area contributed by atoms with Gasteiger partial charge in [0.1, 0.15) is 35.5 Å². The summed E-state index contributed by atoms with van der Waals surface area (Å²) in [5, 5.41) is 8.40. The van der Waals surface area contributed by atoms with Crippen LogP contribution in [-0.2, 0) is 42.9 Å². The van der Waals surface area contributed by atoms with Crippen LogP contribution in [0.3, 0.4) is 0 Å². The molecule has 0 amide bonds. The van der Waals surface area contributed by atoms with Gasteiger partial charge in [-0.15, -0.1) is 5.10 Å². The summed E-state index contributed by atoms with van der Waals surface area (Å²) in [6, 6.07) is 7.23. The predicted octanol–water partition coefficient (Wildman–Crippen LogP) is 1.98. The molecule has 45 heavy (non-hydrogen) atoms. The molecule has 0 saturated carbocycles. The van der Waals surface area contributed by atoms with Gasteiger partial charge in [-0.05, 0) is 31.2 Å². The Labute approximate surface area is 257 Å². The van der Waals surface area contributed by atoms with Crippen LogP contribution in [0.5, 0.6) is 11.6 Å². The van der Waals surface area contributed by atoms with Crippen molar-refractivity contribution in [1.29, 1.82) is 0 Å². The fraction of sp³-hybridized carbons (Fsp3) is 0.448. The summed E-state index contributed by atoms with van der Waals surface area (Å²) in [5.74, 6) is -1.97. The highest BCUT2D eigenvalue weighted by molar-refractivity contribution is 5.70. The van der Waals surface area contributed by atoms with Gasteiger partial charge in [-0.1, -0.05) is 5.21 Å². The lowest BCUT2D eigenvalue weighted by molar-refractivity contribution is -0.270. The number of aromatic nitrogens is 5. The van der Waals surface area contributed by atoms with Crippen LogP contribution in [0.4, 0.5) is 0 Å². The number of esters is 4. The number of aryl methyl sites for hydroxylation is 1. The zero-order valence-electron chi connectivity index (χ0n) is 25.7. The van der Waals surface area contributed by atoms with Gasteiger partial charge in [0.2, 0.25) is 5.88 Å². The number of methoxy groups -OCH3 is 2. The highest BCUT2D eigenvalue weighted by atomic mass is 16.7. The van der Waals surface area contributed by atoms with Gasteiger partial charge in [0.15, 0.2) is 24.5 Å². The molecule has 3 aromatic rings. The summed E-state index contributed by atoms with van der Waals surface area (Å²) in [5.41, 5.74) is 2.33. The first kappa shape index (κ1) is 32.8. The third kappa shape index (κ3) is 7.70. The van der Waals surface area contributed by atoms with Gasteiger partial charge in [0.05, 0.1) is 26.1 Å². The molecule has 1 saturated heterocycles. The molecule has 16 heteroatoms. The fourth-order valence-corrected chi connectivity index (χ4v) is 4.75. The van der Waals surface area contributed by atoms with Gasteiger partial charge in [0.25, 0.3) is 0 Å². The first-order valence-electron chi connectivity index (χ1n) is 13.7. The second-order valence-electron chi connectivity index (χ2n) is 9.92. The maximum atomic E-state index is 12.2. The van der Waals surface area contributed by atoms with E-state index in [9.17, 15) is 19.2 Å². The van der Waals surface area contributed by atoms with E-state index >= 15 is 0 Å². The molecule has 0 aliphatic carbocycles. The van der Waals surface area contributed by atoms with Crippen LogP contribution < -0.4 is 9.47 Å². The monoisotopic (exact) mass is 627 g/mol. The Hall–Kier alpha value is -5.12. The van der Waals surface area contributed by atoms with Crippen LogP contribution in [0, 0.1) is 6.92 Å². The normalized spacial score (nSPS) is 20.9. The molecule has 1 aliphatic rings. The first-order chi connectivity index (χ1) is 21.4. The molecular formula is C29H33N5O11. The highest BCUT2D eigenvalue weighted by Crippen LogP contribution is 2.36. The topological polar surface area (TPSA) is 189 Å². The summed E-state index contributed by atoms with van der Waals surface area (Å²) in [6.07, 6.45) is -5.01. The maximum absolute atomic E-state index is 12.2. The largest absolute Gasteiger partial charge is 0.497 e. The Morgan fingerprint density at radius 2 is 1.42 bits per heavy atom. The van der Waals surface area contributed by atoms with Crippen molar-refractivity contribution in [2.75, 3.05) is 20.8 Å². The second-order valence-corrected chi connectivity index (χ2v) is 9.92. The third-order valence-electron chi connectivity index (χ3n) is 6.57. The molecule has 2 aromatic heterocycles. The van der Waals surface area contributed by atoms with Crippen LogP contribution in [0.2, 0.25) is 0 Å². The first-order valence-corrected chi connectivity index (χ1v) is 13.7. The number of ether oxygens (including phenoxy) is 7. The lowest BCUT2D eigenvalue weighted by Gasteiger charge is -2.44.